The van der Waals surface area contributed by atoms with Crippen LogP contribution in [0.25, 0.3) is 0 Å². The molecule has 0 amide bonds. The molecule has 1 aromatic heterocycles. The summed E-state index contributed by atoms with van der Waals surface area (Å²) in [6.45, 7) is 6.17. The third-order valence-corrected chi connectivity index (χ3v) is 3.90. The number of anilines is 1. The van der Waals surface area contributed by atoms with Crippen LogP contribution in [0.2, 0.25) is 5.02 Å². The van der Waals surface area contributed by atoms with Gasteiger partial charge in [0.25, 0.3) is 0 Å². The van der Waals surface area contributed by atoms with Crippen LogP contribution in [-0.2, 0) is 6.54 Å². The second-order valence-corrected chi connectivity index (χ2v) is 5.58. The van der Waals surface area contributed by atoms with Crippen LogP contribution in [0.4, 0.5) is 5.82 Å². The van der Waals surface area contributed by atoms with Gasteiger partial charge in [0.15, 0.2) is 0 Å². The van der Waals surface area contributed by atoms with Gasteiger partial charge in [-0.15, -0.1) is 0 Å². The van der Waals surface area contributed by atoms with Crippen LogP contribution < -0.4 is 10.2 Å². The van der Waals surface area contributed by atoms with Gasteiger partial charge >= 0.3 is 0 Å². The molecule has 0 aliphatic carbocycles. The quantitative estimate of drug-likeness (QED) is 0.836. The lowest BCUT2D eigenvalue weighted by atomic mass is 10.2. The van der Waals surface area contributed by atoms with E-state index < -0.39 is 0 Å². The molecule has 3 nitrogen and oxygen atoms in total. The summed E-state index contributed by atoms with van der Waals surface area (Å²) in [5.41, 5.74) is 0.969. The number of nitrogens with one attached hydrogen (secondary N) is 1. The molecule has 0 radical (unpaired) electrons. The second kappa shape index (κ2) is 7.71. The van der Waals surface area contributed by atoms with Gasteiger partial charge in [0.2, 0.25) is 0 Å². The van der Waals surface area contributed by atoms with Gasteiger partial charge in [0, 0.05) is 19.6 Å². The smallest absolute Gasteiger partial charge is 0.128 e. The van der Waals surface area contributed by atoms with Gasteiger partial charge in [-0.1, -0.05) is 31.4 Å². The van der Waals surface area contributed by atoms with E-state index in [-0.39, 0.29) is 0 Å². The van der Waals surface area contributed by atoms with E-state index >= 15 is 0 Å². The number of rotatable bonds is 5. The normalized spacial score (nSPS) is 16.4. The van der Waals surface area contributed by atoms with Crippen LogP contribution in [0, 0.1) is 0 Å². The summed E-state index contributed by atoms with van der Waals surface area (Å²) in [4.78, 5) is 7.14. The first-order chi connectivity index (χ1) is 9.31. The molecule has 1 aliphatic heterocycles. The number of hydrogen-bond acceptors (Lipinski definition) is 3. The summed E-state index contributed by atoms with van der Waals surface area (Å²) in [6, 6.07) is 4.04. The van der Waals surface area contributed by atoms with Gasteiger partial charge in [-0.25, -0.2) is 4.98 Å². The van der Waals surface area contributed by atoms with Crippen molar-refractivity contribution in [2.24, 2.45) is 0 Å². The Kier molecular flexibility index (Phi) is 5.93. The summed E-state index contributed by atoms with van der Waals surface area (Å²) in [5, 5.41) is 4.14. The third-order valence-electron chi connectivity index (χ3n) is 3.55. The van der Waals surface area contributed by atoms with E-state index in [0.717, 1.165) is 49.1 Å². The van der Waals surface area contributed by atoms with E-state index in [1.54, 1.807) is 0 Å². The van der Waals surface area contributed by atoms with Crippen molar-refractivity contribution in [2.45, 2.75) is 45.6 Å². The first-order valence-corrected chi connectivity index (χ1v) is 7.80. The molecule has 0 aromatic carbocycles. The van der Waals surface area contributed by atoms with Gasteiger partial charge in [0.1, 0.15) is 5.82 Å². The maximum absolute atomic E-state index is 6.23. The van der Waals surface area contributed by atoms with E-state index in [1.165, 1.54) is 25.7 Å². The van der Waals surface area contributed by atoms with Crippen molar-refractivity contribution < 1.29 is 0 Å². The molecule has 2 heterocycles. The molecule has 0 saturated carbocycles. The first kappa shape index (κ1) is 14.6. The minimum atomic E-state index is 0.758. The minimum absolute atomic E-state index is 0.758. The average molecular weight is 282 g/mol. The van der Waals surface area contributed by atoms with Crippen molar-refractivity contribution in [2.75, 3.05) is 24.5 Å². The fraction of sp³-hybridized carbons (Fsp3) is 0.667. The van der Waals surface area contributed by atoms with E-state index in [2.05, 4.69) is 23.2 Å². The zero-order valence-electron chi connectivity index (χ0n) is 11.8. The summed E-state index contributed by atoms with van der Waals surface area (Å²) in [7, 11) is 0. The highest BCUT2D eigenvalue weighted by Crippen LogP contribution is 2.22. The number of aromatic nitrogens is 1. The Hall–Kier alpha value is -0.800. The molecule has 0 unspecified atom stereocenters. The molecule has 1 fully saturated rings. The van der Waals surface area contributed by atoms with Crippen LogP contribution in [0.1, 0.15) is 44.7 Å². The molecule has 19 heavy (non-hydrogen) atoms. The molecule has 0 atom stereocenters. The molecule has 1 aromatic rings. The molecule has 1 N–H and O–H groups in total. The van der Waals surface area contributed by atoms with Crippen molar-refractivity contribution in [1.29, 1.82) is 0 Å². The lowest BCUT2D eigenvalue weighted by Crippen LogP contribution is -2.25. The summed E-state index contributed by atoms with van der Waals surface area (Å²) < 4.78 is 0. The summed E-state index contributed by atoms with van der Waals surface area (Å²) in [6.07, 6.45) is 6.36. The first-order valence-electron chi connectivity index (χ1n) is 7.42. The Balaban J connectivity index is 2.05. The third kappa shape index (κ3) is 4.36. The average Bonchev–Trinajstić information content (AvgIpc) is 2.70. The van der Waals surface area contributed by atoms with Crippen LogP contribution in [0.5, 0.6) is 0 Å². The van der Waals surface area contributed by atoms with Gasteiger partial charge in [-0.05, 0) is 37.9 Å². The Morgan fingerprint density at radius 3 is 2.63 bits per heavy atom. The summed E-state index contributed by atoms with van der Waals surface area (Å²) >= 11 is 6.23. The number of pyridine rings is 1. The van der Waals surface area contributed by atoms with Gasteiger partial charge in [-0.3, -0.25) is 0 Å². The second-order valence-electron chi connectivity index (χ2n) is 5.18. The maximum Gasteiger partial charge on any atom is 0.128 e. The largest absolute Gasteiger partial charge is 0.357 e. The molecule has 1 aliphatic rings. The minimum Gasteiger partial charge on any atom is -0.357 e. The molecule has 4 heteroatoms. The van der Waals surface area contributed by atoms with Crippen molar-refractivity contribution in [3.8, 4) is 0 Å². The van der Waals surface area contributed by atoms with Crippen molar-refractivity contribution in [3.05, 3.63) is 22.8 Å². The van der Waals surface area contributed by atoms with Crippen LogP contribution in [-0.4, -0.2) is 24.6 Å². The number of halogens is 1. The Morgan fingerprint density at radius 1 is 1.21 bits per heavy atom. The Morgan fingerprint density at radius 2 is 1.95 bits per heavy atom. The molecule has 0 bridgehead atoms. The van der Waals surface area contributed by atoms with Crippen LogP contribution >= 0.6 is 11.6 Å². The topological polar surface area (TPSA) is 28.2 Å². The lowest BCUT2D eigenvalue weighted by molar-refractivity contribution is 0.662. The van der Waals surface area contributed by atoms with Gasteiger partial charge < -0.3 is 10.2 Å². The predicted molar refractivity (Wildman–Crippen MR) is 81.9 cm³/mol. The monoisotopic (exact) mass is 281 g/mol. The highest BCUT2D eigenvalue weighted by Gasteiger charge is 2.12. The summed E-state index contributed by atoms with van der Waals surface area (Å²) in [5.74, 6) is 1.08. The highest BCUT2D eigenvalue weighted by atomic mass is 35.5. The Bertz CT molecular complexity index is 387. The molecule has 0 spiro atoms. The van der Waals surface area contributed by atoms with Gasteiger partial charge in [-0.2, -0.15) is 0 Å². The standard InChI is InChI=1S/C15H24ClN3/c1-2-9-17-12-14-13(16)7-8-15(18-14)19-10-5-3-4-6-11-19/h7-8,17H,2-6,9-12H2,1H3. The molecule has 1 saturated heterocycles. The van der Waals surface area contributed by atoms with Crippen molar-refractivity contribution in [1.82, 2.24) is 10.3 Å². The maximum atomic E-state index is 6.23. The predicted octanol–water partition coefficient (Wildman–Crippen LogP) is 3.62. The number of nitrogens with zero attached hydrogens (tertiary/aromatic N) is 2. The fourth-order valence-corrected chi connectivity index (χ4v) is 2.63. The SMILES string of the molecule is CCCNCc1nc(N2CCCCCC2)ccc1Cl. The number of hydrogen-bond donors (Lipinski definition) is 1. The van der Waals surface area contributed by atoms with E-state index in [1.807, 2.05) is 6.07 Å². The Labute approximate surface area is 121 Å². The van der Waals surface area contributed by atoms with E-state index in [4.69, 9.17) is 16.6 Å². The van der Waals surface area contributed by atoms with E-state index in [9.17, 15) is 0 Å². The zero-order valence-corrected chi connectivity index (χ0v) is 12.5. The molecule has 106 valence electrons. The van der Waals surface area contributed by atoms with Crippen molar-refractivity contribution >= 4 is 17.4 Å². The fourth-order valence-electron chi connectivity index (χ4n) is 2.46. The van der Waals surface area contributed by atoms with E-state index in [0.29, 0.717) is 0 Å². The van der Waals surface area contributed by atoms with Crippen molar-refractivity contribution in [3.63, 3.8) is 0 Å². The zero-order chi connectivity index (χ0) is 13.5. The molecule has 2 rings (SSSR count). The highest BCUT2D eigenvalue weighted by molar-refractivity contribution is 6.31. The van der Waals surface area contributed by atoms with Gasteiger partial charge in [0.05, 0.1) is 10.7 Å². The van der Waals surface area contributed by atoms with Crippen LogP contribution in [0.15, 0.2) is 12.1 Å². The van der Waals surface area contributed by atoms with Crippen LogP contribution in [0.3, 0.4) is 0 Å². The lowest BCUT2D eigenvalue weighted by Gasteiger charge is -2.22. The molecular formula is C15H24ClN3. The molecular weight excluding hydrogens is 258 g/mol.